The van der Waals surface area contributed by atoms with Crippen LogP contribution in [0.2, 0.25) is 0 Å². The third-order valence-electron chi connectivity index (χ3n) is 7.30. The van der Waals surface area contributed by atoms with E-state index in [-0.39, 0.29) is 16.7 Å². The molecule has 0 radical (unpaired) electrons. The number of hydrogen-bond donors (Lipinski definition) is 2. The molecule has 2 N–H and O–H groups in total. The highest BCUT2D eigenvalue weighted by Gasteiger charge is 2.60. The third kappa shape index (κ3) is 2.40. The molecule has 0 aliphatic heterocycles. The molecule has 0 aromatic carbocycles. The average molecular weight is 318 g/mol. The first kappa shape index (κ1) is 16.8. The molecule has 2 aliphatic carbocycles. The van der Waals surface area contributed by atoms with Crippen LogP contribution in [0.3, 0.4) is 0 Å². The van der Waals surface area contributed by atoms with Gasteiger partial charge in [-0.3, -0.25) is 0 Å². The van der Waals surface area contributed by atoms with E-state index in [0.29, 0.717) is 5.92 Å². The van der Waals surface area contributed by atoms with E-state index >= 15 is 0 Å². The fraction of sp³-hybridized carbons (Fsp3) is 0.700. The van der Waals surface area contributed by atoms with Crippen LogP contribution in [0, 0.1) is 22.7 Å². The summed E-state index contributed by atoms with van der Waals surface area (Å²) in [5.41, 5.74) is 2.13. The molecule has 1 fully saturated rings. The van der Waals surface area contributed by atoms with Crippen molar-refractivity contribution in [3.63, 3.8) is 0 Å². The van der Waals surface area contributed by atoms with Crippen molar-refractivity contribution >= 4 is 0 Å². The average Bonchev–Trinajstić information content (AvgIpc) is 3.05. The summed E-state index contributed by atoms with van der Waals surface area (Å²) in [5.74, 6) is 0.466. The summed E-state index contributed by atoms with van der Waals surface area (Å²) < 4.78 is 5.20. The van der Waals surface area contributed by atoms with Gasteiger partial charge in [-0.2, -0.15) is 0 Å². The summed E-state index contributed by atoms with van der Waals surface area (Å²) in [7, 11) is 0. The van der Waals surface area contributed by atoms with Crippen molar-refractivity contribution in [3.8, 4) is 0 Å². The van der Waals surface area contributed by atoms with E-state index in [1.807, 2.05) is 12.3 Å². The van der Waals surface area contributed by atoms with Crippen molar-refractivity contribution in [2.75, 3.05) is 0 Å². The lowest BCUT2D eigenvalue weighted by Crippen LogP contribution is -2.63. The van der Waals surface area contributed by atoms with E-state index < -0.39 is 12.2 Å². The van der Waals surface area contributed by atoms with Crippen molar-refractivity contribution in [2.45, 2.75) is 65.6 Å². The quantitative estimate of drug-likeness (QED) is 0.830. The van der Waals surface area contributed by atoms with Gasteiger partial charge in [-0.15, -0.1) is 0 Å². The van der Waals surface area contributed by atoms with Crippen LogP contribution in [0.1, 0.15) is 52.5 Å². The summed E-state index contributed by atoms with van der Waals surface area (Å²) in [6.07, 6.45) is 8.55. The minimum atomic E-state index is -0.680. The Hall–Kier alpha value is -1.06. The molecule has 3 nitrogen and oxygen atoms in total. The number of aryl methyl sites for hydroxylation is 1. The van der Waals surface area contributed by atoms with Gasteiger partial charge < -0.3 is 14.6 Å². The Labute approximate surface area is 139 Å². The largest absolute Gasteiger partial charge is 0.472 e. The van der Waals surface area contributed by atoms with Gasteiger partial charge in [-0.1, -0.05) is 32.4 Å². The van der Waals surface area contributed by atoms with Crippen LogP contribution in [-0.2, 0) is 6.42 Å². The molecule has 128 valence electrons. The molecule has 1 heterocycles. The normalized spacial score (nSPS) is 43.8. The molecule has 1 saturated carbocycles. The lowest BCUT2D eigenvalue weighted by Gasteiger charge is -2.61. The summed E-state index contributed by atoms with van der Waals surface area (Å²) in [6, 6.07) is 2.02. The Morgan fingerprint density at radius 2 is 2.04 bits per heavy atom. The summed E-state index contributed by atoms with van der Waals surface area (Å²) in [5, 5.41) is 21.6. The standard InChI is InChI=1S/C20H30O3/c1-13-6-5-7-16-19(3,10-8-15-9-11-23-12-15)14(2)17(21)18(22)20(13,16)4/h6,9,11-12,14,16-18,21-22H,5,7-8,10H2,1-4H3/t14-,16-,17-,18+,19+,20+/m1/s1. The van der Waals surface area contributed by atoms with Gasteiger partial charge in [0.1, 0.15) is 0 Å². The minimum Gasteiger partial charge on any atom is -0.472 e. The predicted octanol–water partition coefficient (Wildman–Crippen LogP) is 3.95. The highest BCUT2D eigenvalue weighted by atomic mass is 16.3. The van der Waals surface area contributed by atoms with Gasteiger partial charge in [0, 0.05) is 5.41 Å². The van der Waals surface area contributed by atoms with Crippen LogP contribution in [0.4, 0.5) is 0 Å². The molecule has 1 aromatic heterocycles. The molecule has 0 spiro atoms. The Kier molecular flexibility index (Phi) is 4.22. The fourth-order valence-electron chi connectivity index (χ4n) is 5.30. The topological polar surface area (TPSA) is 53.6 Å². The molecule has 3 rings (SSSR count). The number of rotatable bonds is 3. The molecular formula is C20H30O3. The first-order valence-electron chi connectivity index (χ1n) is 8.86. The highest BCUT2D eigenvalue weighted by Crippen LogP contribution is 2.61. The second kappa shape index (κ2) is 5.78. The second-order valence-electron chi connectivity index (χ2n) is 8.16. The number of allylic oxidation sites excluding steroid dienone is 1. The highest BCUT2D eigenvalue weighted by molar-refractivity contribution is 5.25. The molecule has 6 atom stereocenters. The van der Waals surface area contributed by atoms with E-state index in [1.54, 1.807) is 6.26 Å². The van der Waals surface area contributed by atoms with Crippen molar-refractivity contribution in [1.29, 1.82) is 0 Å². The Morgan fingerprint density at radius 3 is 2.70 bits per heavy atom. The Bertz CT molecular complexity index is 576. The van der Waals surface area contributed by atoms with Crippen LogP contribution >= 0.6 is 0 Å². The van der Waals surface area contributed by atoms with Crippen LogP contribution in [0.5, 0.6) is 0 Å². The first-order valence-corrected chi connectivity index (χ1v) is 8.86. The van der Waals surface area contributed by atoms with Crippen LogP contribution < -0.4 is 0 Å². The maximum Gasteiger partial charge on any atom is 0.0934 e. The van der Waals surface area contributed by atoms with E-state index in [2.05, 4.69) is 33.8 Å². The Morgan fingerprint density at radius 1 is 1.30 bits per heavy atom. The van der Waals surface area contributed by atoms with Crippen LogP contribution in [0.15, 0.2) is 34.7 Å². The molecule has 2 aliphatic rings. The fourth-order valence-corrected chi connectivity index (χ4v) is 5.30. The molecule has 0 saturated heterocycles. The first-order chi connectivity index (χ1) is 10.8. The van der Waals surface area contributed by atoms with Gasteiger partial charge in [0.2, 0.25) is 0 Å². The van der Waals surface area contributed by atoms with Crippen LogP contribution in [-0.4, -0.2) is 22.4 Å². The maximum absolute atomic E-state index is 10.9. The molecule has 3 heteroatoms. The van der Waals surface area contributed by atoms with Gasteiger partial charge >= 0.3 is 0 Å². The SMILES string of the molecule is CC1=CCC[C@@H]2[C@@](C)(CCc3ccoc3)[C@H](C)[C@@H](O)[C@H](O)[C@@]12C. The van der Waals surface area contributed by atoms with Crippen molar-refractivity contribution < 1.29 is 14.6 Å². The van der Waals surface area contributed by atoms with E-state index in [9.17, 15) is 10.2 Å². The zero-order valence-corrected chi connectivity index (χ0v) is 14.7. The maximum atomic E-state index is 10.9. The monoisotopic (exact) mass is 318 g/mol. The summed E-state index contributed by atoms with van der Waals surface area (Å²) >= 11 is 0. The zero-order valence-electron chi connectivity index (χ0n) is 14.7. The van der Waals surface area contributed by atoms with E-state index in [4.69, 9.17) is 4.42 Å². The summed E-state index contributed by atoms with van der Waals surface area (Å²) in [4.78, 5) is 0. The molecular weight excluding hydrogens is 288 g/mol. The number of fused-ring (bicyclic) bond motifs is 1. The molecule has 0 amide bonds. The summed E-state index contributed by atoms with van der Waals surface area (Å²) in [6.45, 7) is 8.69. The minimum absolute atomic E-state index is 0.000185. The Balaban J connectivity index is 1.95. The van der Waals surface area contributed by atoms with Gasteiger partial charge in [-0.05, 0) is 61.5 Å². The van der Waals surface area contributed by atoms with Crippen LogP contribution in [0.25, 0.3) is 0 Å². The smallest absolute Gasteiger partial charge is 0.0934 e. The number of aliphatic hydroxyl groups is 2. The number of hydrogen-bond acceptors (Lipinski definition) is 3. The van der Waals surface area contributed by atoms with Crippen molar-refractivity contribution in [1.82, 2.24) is 0 Å². The van der Waals surface area contributed by atoms with Gasteiger partial charge in [0.15, 0.2) is 0 Å². The predicted molar refractivity (Wildman–Crippen MR) is 90.9 cm³/mol. The number of aliphatic hydroxyl groups excluding tert-OH is 2. The molecule has 23 heavy (non-hydrogen) atoms. The second-order valence-corrected chi connectivity index (χ2v) is 8.16. The zero-order chi connectivity index (χ0) is 16.8. The van der Waals surface area contributed by atoms with Gasteiger partial charge in [0.25, 0.3) is 0 Å². The lowest BCUT2D eigenvalue weighted by atomic mass is 9.45. The van der Waals surface area contributed by atoms with E-state index in [0.717, 1.165) is 25.7 Å². The van der Waals surface area contributed by atoms with Crippen molar-refractivity contribution in [3.05, 3.63) is 35.8 Å². The van der Waals surface area contributed by atoms with Crippen molar-refractivity contribution in [2.24, 2.45) is 22.7 Å². The molecule has 0 bridgehead atoms. The number of furan rings is 1. The van der Waals surface area contributed by atoms with Gasteiger partial charge in [0.05, 0.1) is 24.7 Å². The molecule has 1 aromatic rings. The van der Waals surface area contributed by atoms with Gasteiger partial charge in [-0.25, -0.2) is 0 Å². The lowest BCUT2D eigenvalue weighted by molar-refractivity contribution is -0.190. The molecule has 0 unspecified atom stereocenters. The third-order valence-corrected chi connectivity index (χ3v) is 7.30. The van der Waals surface area contributed by atoms with E-state index in [1.165, 1.54) is 11.1 Å².